The molecule has 2 aliphatic heterocycles. The van der Waals surface area contributed by atoms with Crippen LogP contribution in [0.15, 0.2) is 12.7 Å². The van der Waals surface area contributed by atoms with Gasteiger partial charge in [-0.15, -0.1) is 0 Å². The fraction of sp³-hybridized carbons (Fsp3) is 0.571. The number of hydrogen-bond donors (Lipinski definition) is 3. The van der Waals surface area contributed by atoms with Crippen LogP contribution in [0.25, 0.3) is 11.2 Å². The van der Waals surface area contributed by atoms with Crippen molar-refractivity contribution in [2.24, 2.45) is 0 Å². The number of imidazole rings is 1. The Morgan fingerprint density at radius 3 is 3.07 bits per heavy atom. The Balaban J connectivity index is 1.62. The van der Waals surface area contributed by atoms with Gasteiger partial charge in [0, 0.05) is 0 Å². The molecule has 146 valence electrons. The first-order valence-corrected chi connectivity index (χ1v) is 11.0. The number of aliphatic hydroxyl groups excluding tert-OH is 1. The van der Waals surface area contributed by atoms with Crippen molar-refractivity contribution in [1.29, 1.82) is 0 Å². The molecule has 4 heterocycles. The van der Waals surface area contributed by atoms with Crippen LogP contribution in [0, 0.1) is 0 Å². The van der Waals surface area contributed by atoms with E-state index in [0.29, 0.717) is 29.8 Å². The quantitative estimate of drug-likeness (QED) is 0.450. The fourth-order valence-electron chi connectivity index (χ4n) is 3.30. The Labute approximate surface area is 156 Å². The number of aromatic nitrogens is 4. The van der Waals surface area contributed by atoms with E-state index in [1.54, 1.807) is 4.57 Å². The SMILES string of the molecule is B[PH]1(O)OC[C@H]2O[C@@H](n3cnc4c(NC(=O)CCC)ncnc43)[C@@H](O)[C@H]2O1. The van der Waals surface area contributed by atoms with E-state index in [-0.39, 0.29) is 12.5 Å². The van der Waals surface area contributed by atoms with E-state index in [2.05, 4.69) is 20.3 Å². The Morgan fingerprint density at radius 2 is 2.30 bits per heavy atom. The van der Waals surface area contributed by atoms with Gasteiger partial charge in [-0.1, -0.05) is 6.92 Å². The van der Waals surface area contributed by atoms with E-state index in [1.165, 1.54) is 20.2 Å². The van der Waals surface area contributed by atoms with Crippen LogP contribution in [0.1, 0.15) is 26.0 Å². The molecule has 27 heavy (non-hydrogen) atoms. The van der Waals surface area contributed by atoms with Crippen LogP contribution in [0.4, 0.5) is 5.82 Å². The van der Waals surface area contributed by atoms with Gasteiger partial charge in [0.2, 0.25) is 0 Å². The first-order chi connectivity index (χ1) is 12.9. The van der Waals surface area contributed by atoms with Crippen LogP contribution in [0.2, 0.25) is 0 Å². The van der Waals surface area contributed by atoms with E-state index < -0.39 is 32.4 Å². The molecule has 2 aromatic rings. The van der Waals surface area contributed by atoms with Gasteiger partial charge < -0.3 is 0 Å². The number of fused-ring (bicyclic) bond motifs is 2. The predicted molar refractivity (Wildman–Crippen MR) is 98.7 cm³/mol. The molecule has 0 aliphatic carbocycles. The third kappa shape index (κ3) is 3.44. The van der Waals surface area contributed by atoms with Gasteiger partial charge in [-0.2, -0.15) is 0 Å². The number of hydrogen-bond acceptors (Lipinski definition) is 9. The van der Waals surface area contributed by atoms with Crippen LogP contribution in [0.5, 0.6) is 0 Å². The molecule has 3 N–H and O–H groups in total. The van der Waals surface area contributed by atoms with Crippen molar-refractivity contribution in [2.45, 2.75) is 44.3 Å². The Kier molecular flexibility index (Phi) is 4.87. The summed E-state index contributed by atoms with van der Waals surface area (Å²) in [4.78, 5) is 34.5. The van der Waals surface area contributed by atoms with E-state index in [9.17, 15) is 14.8 Å². The van der Waals surface area contributed by atoms with Crippen LogP contribution < -0.4 is 5.32 Å². The maximum atomic E-state index is 11.9. The van der Waals surface area contributed by atoms with Gasteiger partial charge in [-0.05, 0) is 0 Å². The second-order valence-electron chi connectivity index (χ2n) is 6.69. The Morgan fingerprint density at radius 1 is 1.48 bits per heavy atom. The molecular weight excluding hydrogens is 376 g/mol. The van der Waals surface area contributed by atoms with Crippen molar-refractivity contribution in [1.82, 2.24) is 19.5 Å². The number of aliphatic hydroxyl groups is 1. The maximum absolute atomic E-state index is 11.9. The van der Waals surface area contributed by atoms with Gasteiger partial charge in [0.25, 0.3) is 0 Å². The summed E-state index contributed by atoms with van der Waals surface area (Å²) in [6.45, 7) is 2.05. The van der Waals surface area contributed by atoms with E-state index in [4.69, 9.17) is 13.8 Å². The molecule has 11 nitrogen and oxygen atoms in total. The number of nitrogens with one attached hydrogen (secondary N) is 1. The molecule has 0 aromatic carbocycles. The molecule has 0 spiro atoms. The molecule has 2 aromatic heterocycles. The molecule has 0 unspecified atom stereocenters. The molecular formula is C14H21BN5O6P. The minimum atomic E-state index is -3.26. The van der Waals surface area contributed by atoms with E-state index >= 15 is 0 Å². The van der Waals surface area contributed by atoms with Gasteiger partial charge >= 0.3 is 148 Å². The van der Waals surface area contributed by atoms with Crippen molar-refractivity contribution >= 4 is 38.3 Å². The average molecular weight is 397 g/mol. The van der Waals surface area contributed by atoms with E-state index in [0.717, 1.165) is 0 Å². The first kappa shape index (κ1) is 18.7. The summed E-state index contributed by atoms with van der Waals surface area (Å²) in [5, 5.41) is 13.4. The van der Waals surface area contributed by atoms with Crippen LogP contribution >= 0.6 is 7.82 Å². The summed E-state index contributed by atoms with van der Waals surface area (Å²) in [5.41, 5.74) is 0.801. The molecule has 2 saturated heterocycles. The number of amides is 1. The zero-order valence-electron chi connectivity index (χ0n) is 14.9. The minimum absolute atomic E-state index is 0.136. The van der Waals surface area contributed by atoms with Gasteiger partial charge in [-0.25, -0.2) is 0 Å². The number of carbonyl (C=O) groups is 1. The molecule has 0 bridgehead atoms. The standard InChI is InChI=1S/C14H21BN5O6P/c1-2-3-8(21)19-12-9-13(17-5-16-12)20(6-18-9)14-10(22)11-7(25-14)4-24-27(15,23)26-11/h5-7,10-11,14,22-23,27H,2-4,15H2,1H3,(H,16,17,19,21)/t7-,10+,11+,14-/m1/s1. The number of carbonyl (C=O) groups excluding carboxylic acids is 1. The summed E-state index contributed by atoms with van der Waals surface area (Å²) in [7, 11) is -1.77. The molecule has 0 radical (unpaired) electrons. The topological polar surface area (TPSA) is 141 Å². The Hall–Kier alpha value is -1.69. The first-order valence-electron chi connectivity index (χ1n) is 8.74. The summed E-state index contributed by atoms with van der Waals surface area (Å²) in [6, 6.07) is 0. The third-order valence-corrected chi connectivity index (χ3v) is 5.96. The molecule has 0 saturated carbocycles. The molecule has 4 rings (SSSR count). The monoisotopic (exact) mass is 397 g/mol. The van der Waals surface area contributed by atoms with Gasteiger partial charge in [0.15, 0.2) is 0 Å². The fourth-order valence-corrected chi connectivity index (χ4v) is 4.64. The van der Waals surface area contributed by atoms with Crippen molar-refractivity contribution < 1.29 is 28.6 Å². The van der Waals surface area contributed by atoms with Gasteiger partial charge in [0.05, 0.1) is 0 Å². The molecule has 2 aliphatic rings. The average Bonchev–Trinajstić information content (AvgIpc) is 3.17. The number of nitrogens with zero attached hydrogens (tertiary/aromatic N) is 4. The summed E-state index contributed by atoms with van der Waals surface area (Å²) in [6.07, 6.45) is 0.808. The van der Waals surface area contributed by atoms with Crippen molar-refractivity contribution in [2.75, 3.05) is 11.9 Å². The number of rotatable bonds is 4. The summed E-state index contributed by atoms with van der Waals surface area (Å²) < 4.78 is 18.3. The molecule has 4 atom stereocenters. The van der Waals surface area contributed by atoms with Crippen LogP contribution in [0.3, 0.4) is 0 Å². The third-order valence-electron chi connectivity index (χ3n) is 4.55. The Bertz CT molecular complexity index is 866. The van der Waals surface area contributed by atoms with Crippen molar-refractivity contribution in [3.05, 3.63) is 12.7 Å². The van der Waals surface area contributed by atoms with Gasteiger partial charge in [-0.3, -0.25) is 0 Å². The van der Waals surface area contributed by atoms with Crippen molar-refractivity contribution in [3.8, 4) is 0 Å². The van der Waals surface area contributed by atoms with Crippen molar-refractivity contribution in [3.63, 3.8) is 0 Å². The summed E-state index contributed by atoms with van der Waals surface area (Å²) in [5.74, 6) is 0.144. The number of anilines is 1. The predicted octanol–water partition coefficient (Wildman–Crippen LogP) is -0.726. The van der Waals surface area contributed by atoms with Crippen LogP contribution in [-0.4, -0.2) is 67.9 Å². The molecule has 13 heteroatoms. The van der Waals surface area contributed by atoms with E-state index in [1.807, 2.05) is 6.92 Å². The second kappa shape index (κ2) is 7.04. The van der Waals surface area contributed by atoms with Gasteiger partial charge in [0.1, 0.15) is 0 Å². The molecule has 2 fully saturated rings. The zero-order chi connectivity index (χ0) is 19.2. The molecule has 1 amide bonds. The summed E-state index contributed by atoms with van der Waals surface area (Å²) >= 11 is 0. The van der Waals surface area contributed by atoms with Crippen LogP contribution in [-0.2, 0) is 18.6 Å². The second-order valence-corrected chi connectivity index (χ2v) is 9.01. The normalized spacial score (nSPS) is 30.8. The zero-order valence-corrected chi connectivity index (χ0v) is 15.9. The number of ether oxygens (including phenoxy) is 1.